The highest BCUT2D eigenvalue weighted by Crippen LogP contribution is 2.13. The first-order valence-electron chi connectivity index (χ1n) is 6.70. The number of carbonyl (C=O) groups is 1. The number of rotatable bonds is 8. The highest BCUT2D eigenvalue weighted by atomic mass is 35.5. The van der Waals surface area contributed by atoms with E-state index in [9.17, 15) is 13.2 Å². The lowest BCUT2D eigenvalue weighted by Crippen LogP contribution is -2.44. The van der Waals surface area contributed by atoms with Crippen LogP contribution in [0.15, 0.2) is 24.3 Å². The zero-order chi connectivity index (χ0) is 16.8. The van der Waals surface area contributed by atoms with Gasteiger partial charge < -0.3 is 10.1 Å². The van der Waals surface area contributed by atoms with Crippen LogP contribution in [0.4, 0.5) is 0 Å². The van der Waals surface area contributed by atoms with E-state index in [1.807, 2.05) is 0 Å². The van der Waals surface area contributed by atoms with Gasteiger partial charge in [-0.1, -0.05) is 23.7 Å². The van der Waals surface area contributed by atoms with Crippen molar-refractivity contribution in [2.45, 2.75) is 19.5 Å². The van der Waals surface area contributed by atoms with Gasteiger partial charge in [-0.2, -0.15) is 4.31 Å². The molecule has 0 fully saturated rings. The molecule has 0 saturated heterocycles. The Morgan fingerprint density at radius 3 is 2.45 bits per heavy atom. The minimum absolute atomic E-state index is 0.113. The summed E-state index contributed by atoms with van der Waals surface area (Å²) in [5.74, 6) is -0.371. The molecule has 6 nitrogen and oxygen atoms in total. The van der Waals surface area contributed by atoms with Crippen molar-refractivity contribution in [2.24, 2.45) is 0 Å². The van der Waals surface area contributed by atoms with Gasteiger partial charge in [0.05, 0.1) is 19.4 Å². The predicted molar refractivity (Wildman–Crippen MR) is 86.2 cm³/mol. The Morgan fingerprint density at radius 1 is 1.36 bits per heavy atom. The fourth-order valence-electron chi connectivity index (χ4n) is 1.86. The summed E-state index contributed by atoms with van der Waals surface area (Å²) in [7, 11) is -1.97. The van der Waals surface area contributed by atoms with E-state index in [0.29, 0.717) is 11.6 Å². The molecule has 8 heteroatoms. The van der Waals surface area contributed by atoms with E-state index in [1.165, 1.54) is 7.11 Å². The van der Waals surface area contributed by atoms with Crippen LogP contribution in [-0.2, 0) is 26.1 Å². The molecule has 0 saturated carbocycles. The summed E-state index contributed by atoms with van der Waals surface area (Å²) in [6, 6.07) is 6.63. The maximum Gasteiger partial charge on any atom is 0.235 e. The fourth-order valence-corrected chi connectivity index (χ4v) is 2.72. The summed E-state index contributed by atoms with van der Waals surface area (Å²) in [6.45, 7) is 2.02. The van der Waals surface area contributed by atoms with E-state index < -0.39 is 10.0 Å². The molecule has 124 valence electrons. The number of sulfonamides is 1. The summed E-state index contributed by atoms with van der Waals surface area (Å²) < 4.78 is 29.7. The van der Waals surface area contributed by atoms with Crippen molar-refractivity contribution in [2.75, 3.05) is 26.5 Å². The van der Waals surface area contributed by atoms with E-state index in [2.05, 4.69) is 5.32 Å². The molecule has 0 aliphatic rings. The van der Waals surface area contributed by atoms with Gasteiger partial charge in [0.25, 0.3) is 0 Å². The molecule has 0 heterocycles. The van der Waals surface area contributed by atoms with Gasteiger partial charge in [0.2, 0.25) is 15.9 Å². The van der Waals surface area contributed by atoms with Crippen molar-refractivity contribution in [1.29, 1.82) is 0 Å². The largest absolute Gasteiger partial charge is 0.383 e. The van der Waals surface area contributed by atoms with Crippen LogP contribution >= 0.6 is 11.6 Å². The second-order valence-corrected chi connectivity index (χ2v) is 7.50. The summed E-state index contributed by atoms with van der Waals surface area (Å²) in [5, 5.41) is 3.26. The number of ether oxygens (including phenoxy) is 1. The summed E-state index contributed by atoms with van der Waals surface area (Å²) in [5.41, 5.74) is 0.757. The van der Waals surface area contributed by atoms with Gasteiger partial charge in [-0.15, -0.1) is 0 Å². The molecule has 1 aromatic rings. The first-order valence-corrected chi connectivity index (χ1v) is 8.93. The zero-order valence-electron chi connectivity index (χ0n) is 12.9. The van der Waals surface area contributed by atoms with Gasteiger partial charge in [0.15, 0.2) is 0 Å². The summed E-state index contributed by atoms with van der Waals surface area (Å²) in [4.78, 5) is 11.9. The number of methoxy groups -OCH3 is 1. The topological polar surface area (TPSA) is 75.7 Å². The summed E-state index contributed by atoms with van der Waals surface area (Å²) in [6.07, 6.45) is 1.08. The van der Waals surface area contributed by atoms with E-state index in [4.69, 9.17) is 16.3 Å². The SMILES string of the molecule is COC[C@@H](C)NC(=O)CN(Cc1ccc(Cl)cc1)S(C)(=O)=O. The molecule has 0 aromatic heterocycles. The van der Waals surface area contributed by atoms with Gasteiger partial charge in [-0.3, -0.25) is 4.79 Å². The van der Waals surface area contributed by atoms with Crippen molar-refractivity contribution >= 4 is 27.5 Å². The van der Waals surface area contributed by atoms with Crippen LogP contribution < -0.4 is 5.32 Å². The molecule has 1 rings (SSSR count). The second-order valence-electron chi connectivity index (χ2n) is 5.08. The van der Waals surface area contributed by atoms with Crippen LogP contribution in [-0.4, -0.2) is 51.2 Å². The molecule has 22 heavy (non-hydrogen) atoms. The average molecular weight is 349 g/mol. The Kier molecular flexibility index (Phi) is 7.28. The maximum atomic E-state index is 11.9. The number of nitrogens with one attached hydrogen (secondary N) is 1. The third-order valence-electron chi connectivity index (χ3n) is 2.89. The number of benzene rings is 1. The van der Waals surface area contributed by atoms with Crippen molar-refractivity contribution in [1.82, 2.24) is 9.62 Å². The molecule has 0 bridgehead atoms. The van der Waals surface area contributed by atoms with Crippen molar-refractivity contribution in [3.05, 3.63) is 34.9 Å². The molecule has 0 aliphatic carbocycles. The van der Waals surface area contributed by atoms with Gasteiger partial charge in [-0.05, 0) is 24.6 Å². The average Bonchev–Trinajstić information content (AvgIpc) is 2.39. The molecule has 1 atom stereocenters. The number of hydrogen-bond acceptors (Lipinski definition) is 4. The van der Waals surface area contributed by atoms with Crippen LogP contribution in [0.2, 0.25) is 5.02 Å². The highest BCUT2D eigenvalue weighted by Gasteiger charge is 2.21. The molecule has 1 amide bonds. The van der Waals surface area contributed by atoms with Crippen molar-refractivity contribution in [3.8, 4) is 0 Å². The molecule has 0 unspecified atom stereocenters. The van der Waals surface area contributed by atoms with E-state index in [1.54, 1.807) is 31.2 Å². The molecular formula is C14H21ClN2O4S. The highest BCUT2D eigenvalue weighted by molar-refractivity contribution is 7.88. The van der Waals surface area contributed by atoms with Gasteiger partial charge in [0.1, 0.15) is 0 Å². The smallest absolute Gasteiger partial charge is 0.235 e. The van der Waals surface area contributed by atoms with E-state index in [-0.39, 0.29) is 25.0 Å². The molecular weight excluding hydrogens is 328 g/mol. The minimum Gasteiger partial charge on any atom is -0.383 e. The lowest BCUT2D eigenvalue weighted by atomic mass is 10.2. The second kappa shape index (κ2) is 8.47. The fraction of sp³-hybridized carbons (Fsp3) is 0.500. The quantitative estimate of drug-likeness (QED) is 0.767. The van der Waals surface area contributed by atoms with Crippen LogP contribution in [0.25, 0.3) is 0 Å². The van der Waals surface area contributed by atoms with Crippen molar-refractivity contribution < 1.29 is 17.9 Å². The van der Waals surface area contributed by atoms with Crippen molar-refractivity contribution in [3.63, 3.8) is 0 Å². The number of carbonyl (C=O) groups excluding carboxylic acids is 1. The third kappa shape index (κ3) is 6.74. The summed E-state index contributed by atoms with van der Waals surface area (Å²) >= 11 is 5.80. The molecule has 0 radical (unpaired) electrons. The number of amides is 1. The Morgan fingerprint density at radius 2 is 1.95 bits per heavy atom. The van der Waals surface area contributed by atoms with Crippen LogP contribution in [0.1, 0.15) is 12.5 Å². The molecule has 1 aromatic carbocycles. The normalized spacial score (nSPS) is 13.1. The number of nitrogens with zero attached hydrogens (tertiary/aromatic N) is 1. The lowest BCUT2D eigenvalue weighted by Gasteiger charge is -2.21. The number of halogens is 1. The zero-order valence-corrected chi connectivity index (χ0v) is 14.4. The Balaban J connectivity index is 2.73. The Bertz CT molecular complexity index is 589. The number of hydrogen-bond donors (Lipinski definition) is 1. The molecule has 0 aliphatic heterocycles. The van der Waals surface area contributed by atoms with E-state index in [0.717, 1.165) is 16.1 Å². The lowest BCUT2D eigenvalue weighted by molar-refractivity contribution is -0.122. The van der Waals surface area contributed by atoms with Crippen LogP contribution in [0, 0.1) is 0 Å². The minimum atomic E-state index is -3.51. The van der Waals surface area contributed by atoms with Gasteiger partial charge >= 0.3 is 0 Å². The van der Waals surface area contributed by atoms with Crippen LogP contribution in [0.3, 0.4) is 0 Å². The Hall–Kier alpha value is -1.15. The maximum absolute atomic E-state index is 11.9. The monoisotopic (exact) mass is 348 g/mol. The first kappa shape index (κ1) is 18.9. The third-order valence-corrected chi connectivity index (χ3v) is 4.33. The van der Waals surface area contributed by atoms with Crippen LogP contribution in [0.5, 0.6) is 0 Å². The van der Waals surface area contributed by atoms with Gasteiger partial charge in [-0.25, -0.2) is 8.42 Å². The predicted octanol–water partition coefficient (Wildman–Crippen LogP) is 1.25. The van der Waals surface area contributed by atoms with E-state index >= 15 is 0 Å². The standard InChI is InChI=1S/C14H21ClN2O4S/c1-11(10-21-2)16-14(18)9-17(22(3,19)20)8-12-4-6-13(15)7-5-12/h4-7,11H,8-10H2,1-3H3,(H,16,18)/t11-/m1/s1. The molecule has 0 spiro atoms. The van der Waals surface area contributed by atoms with Gasteiger partial charge in [0, 0.05) is 24.7 Å². The molecule has 1 N–H and O–H groups in total. The Labute approximate surface area is 136 Å². The first-order chi connectivity index (χ1) is 10.2.